The number of alkyl carbamates (subject to hydrolysis) is 1. The predicted molar refractivity (Wildman–Crippen MR) is 101 cm³/mol. The van der Waals surface area contributed by atoms with Crippen molar-refractivity contribution in [1.29, 1.82) is 0 Å². The van der Waals surface area contributed by atoms with Crippen LogP contribution in [0.15, 0.2) is 12.1 Å². The second kappa shape index (κ2) is 7.66. The van der Waals surface area contributed by atoms with Crippen molar-refractivity contribution in [3.63, 3.8) is 0 Å². The van der Waals surface area contributed by atoms with Crippen molar-refractivity contribution in [3.05, 3.63) is 24.8 Å². The van der Waals surface area contributed by atoms with E-state index < -0.39 is 23.7 Å². The van der Waals surface area contributed by atoms with Crippen LogP contribution in [0.25, 0.3) is 0 Å². The Hall–Kier alpha value is -0.780. The van der Waals surface area contributed by atoms with E-state index in [1.54, 1.807) is 20.8 Å². The Morgan fingerprint density at radius 3 is 2.23 bits per heavy atom. The van der Waals surface area contributed by atoms with Crippen molar-refractivity contribution in [3.8, 4) is 0 Å². The first kappa shape index (κ1) is 19.3. The number of carbonyl (C=O) groups is 2. The molecule has 0 aliphatic carbocycles. The summed E-state index contributed by atoms with van der Waals surface area (Å²) in [6, 6.07) is 2.56. The van der Waals surface area contributed by atoms with Crippen LogP contribution in [0.3, 0.4) is 0 Å². The Labute approximate surface area is 156 Å². The Balaban J connectivity index is 2.85. The average Bonchev–Trinajstić information content (AvgIpc) is 2.32. The van der Waals surface area contributed by atoms with Gasteiger partial charge < -0.3 is 20.9 Å². The van der Waals surface area contributed by atoms with Crippen LogP contribution in [0.4, 0.5) is 10.5 Å². The number of nitrogen functional groups attached to an aromatic ring is 1. The van der Waals surface area contributed by atoms with E-state index in [2.05, 4.69) is 50.5 Å². The Morgan fingerprint density at radius 2 is 1.82 bits per heavy atom. The molecule has 0 spiro atoms. The van der Waals surface area contributed by atoms with Gasteiger partial charge in [-0.15, -0.1) is 0 Å². The molecule has 0 heterocycles. The number of nitrogens with two attached hydrogens (primary N) is 1. The zero-order chi connectivity index (χ0) is 17.1. The molecule has 122 valence electrons. The molecule has 22 heavy (non-hydrogen) atoms. The molecule has 0 unspecified atom stereocenters. The number of carboxylic acids is 1. The summed E-state index contributed by atoms with van der Waals surface area (Å²) in [7, 11) is 0. The molecule has 1 aromatic carbocycles. The molecular formula is C14H18I2N2O4. The third-order valence-corrected chi connectivity index (χ3v) is 4.35. The van der Waals surface area contributed by atoms with E-state index >= 15 is 0 Å². The molecule has 1 aromatic rings. The molecule has 1 rings (SSSR count). The maximum atomic E-state index is 11.7. The highest BCUT2D eigenvalue weighted by Crippen LogP contribution is 2.24. The summed E-state index contributed by atoms with van der Waals surface area (Å²) in [6.07, 6.45) is -0.597. The van der Waals surface area contributed by atoms with Gasteiger partial charge in [0.15, 0.2) is 0 Å². The summed E-state index contributed by atoms with van der Waals surface area (Å²) < 4.78 is 6.78. The van der Waals surface area contributed by atoms with E-state index in [1.165, 1.54) is 0 Å². The van der Waals surface area contributed by atoms with Crippen molar-refractivity contribution < 1.29 is 19.4 Å². The molecule has 0 aliphatic rings. The molecule has 4 N–H and O–H groups in total. The largest absolute Gasteiger partial charge is 0.480 e. The number of nitrogens with one attached hydrogen (secondary N) is 1. The molecule has 0 saturated carbocycles. The van der Waals surface area contributed by atoms with E-state index in [0.717, 1.165) is 12.7 Å². The smallest absolute Gasteiger partial charge is 0.408 e. The van der Waals surface area contributed by atoms with E-state index in [-0.39, 0.29) is 6.42 Å². The molecule has 0 radical (unpaired) electrons. The van der Waals surface area contributed by atoms with Crippen LogP contribution < -0.4 is 11.1 Å². The number of anilines is 1. The minimum absolute atomic E-state index is 0.154. The van der Waals surface area contributed by atoms with Crippen molar-refractivity contribution in [1.82, 2.24) is 5.32 Å². The van der Waals surface area contributed by atoms with Crippen LogP contribution in [0.1, 0.15) is 26.3 Å². The second-order valence-corrected chi connectivity index (χ2v) is 8.04. The lowest BCUT2D eigenvalue weighted by atomic mass is 10.1. The number of ether oxygens (including phenoxy) is 1. The predicted octanol–water partition coefficient (Wildman–Crippen LogP) is 3.00. The Bertz CT molecular complexity index is 562. The number of hydrogen-bond acceptors (Lipinski definition) is 4. The van der Waals surface area contributed by atoms with Gasteiger partial charge >= 0.3 is 12.1 Å². The summed E-state index contributed by atoms with van der Waals surface area (Å²) in [5.74, 6) is -1.12. The van der Waals surface area contributed by atoms with Crippen LogP contribution >= 0.6 is 45.2 Å². The Kier molecular flexibility index (Phi) is 6.71. The highest BCUT2D eigenvalue weighted by molar-refractivity contribution is 14.1. The number of hydrogen-bond donors (Lipinski definition) is 3. The topological polar surface area (TPSA) is 102 Å². The third kappa shape index (κ3) is 6.15. The van der Waals surface area contributed by atoms with Crippen LogP contribution in [0.2, 0.25) is 0 Å². The normalized spacial score (nSPS) is 12.6. The molecule has 0 saturated heterocycles. The van der Waals surface area contributed by atoms with Gasteiger partial charge in [-0.1, -0.05) is 0 Å². The van der Waals surface area contributed by atoms with E-state index in [9.17, 15) is 14.7 Å². The van der Waals surface area contributed by atoms with Gasteiger partial charge in [0, 0.05) is 13.6 Å². The number of halogens is 2. The third-order valence-electron chi connectivity index (χ3n) is 2.57. The van der Waals surface area contributed by atoms with Crippen LogP contribution in [0.5, 0.6) is 0 Å². The molecular weight excluding hydrogens is 514 g/mol. The molecule has 8 heteroatoms. The lowest BCUT2D eigenvalue weighted by Gasteiger charge is -2.22. The minimum atomic E-state index is -1.12. The zero-order valence-corrected chi connectivity index (χ0v) is 16.8. The highest BCUT2D eigenvalue weighted by Gasteiger charge is 2.24. The van der Waals surface area contributed by atoms with Gasteiger partial charge in [-0.05, 0) is 83.6 Å². The summed E-state index contributed by atoms with van der Waals surface area (Å²) in [4.78, 5) is 23.1. The van der Waals surface area contributed by atoms with Gasteiger partial charge in [-0.2, -0.15) is 0 Å². The van der Waals surface area contributed by atoms with Crippen LogP contribution in [-0.4, -0.2) is 28.8 Å². The molecule has 0 fully saturated rings. The van der Waals surface area contributed by atoms with Gasteiger partial charge in [0.05, 0.1) is 5.69 Å². The van der Waals surface area contributed by atoms with E-state index in [4.69, 9.17) is 10.5 Å². The van der Waals surface area contributed by atoms with Gasteiger partial charge in [-0.25, -0.2) is 9.59 Å². The summed E-state index contributed by atoms with van der Waals surface area (Å²) >= 11 is 4.19. The fraction of sp³-hybridized carbons (Fsp3) is 0.429. The quantitative estimate of drug-likeness (QED) is 0.409. The fourth-order valence-electron chi connectivity index (χ4n) is 1.64. The molecule has 0 bridgehead atoms. The molecule has 6 nitrogen and oxygen atoms in total. The summed E-state index contributed by atoms with van der Waals surface area (Å²) in [5.41, 5.74) is 6.64. The van der Waals surface area contributed by atoms with Gasteiger partial charge in [0.2, 0.25) is 0 Å². The first-order valence-corrected chi connectivity index (χ1v) is 8.61. The highest BCUT2D eigenvalue weighted by atomic mass is 127. The lowest BCUT2D eigenvalue weighted by molar-refractivity contribution is -0.139. The second-order valence-electron chi connectivity index (χ2n) is 5.71. The van der Waals surface area contributed by atoms with Crippen molar-refractivity contribution in [2.75, 3.05) is 5.73 Å². The summed E-state index contributed by atoms with van der Waals surface area (Å²) in [6.45, 7) is 5.15. The minimum Gasteiger partial charge on any atom is -0.480 e. The van der Waals surface area contributed by atoms with Crippen molar-refractivity contribution in [2.45, 2.75) is 38.8 Å². The number of carboxylic acid groups (broad SMARTS) is 1. The van der Waals surface area contributed by atoms with Crippen LogP contribution in [-0.2, 0) is 16.0 Å². The molecule has 1 atom stereocenters. The Morgan fingerprint density at radius 1 is 1.32 bits per heavy atom. The number of aliphatic carboxylic acids is 1. The standard InChI is InChI=1S/C14H18I2N2O4/c1-14(2,3)22-13(21)18-10(12(19)20)6-7-4-8(15)11(17)9(16)5-7/h4-5,10H,6,17H2,1-3H3,(H,18,21)(H,19,20)/t10-/m0/s1. The van der Waals surface area contributed by atoms with E-state index in [1.807, 2.05) is 12.1 Å². The number of benzene rings is 1. The first-order chi connectivity index (χ1) is 9.99. The van der Waals surface area contributed by atoms with Crippen molar-refractivity contribution in [2.24, 2.45) is 0 Å². The molecule has 1 amide bonds. The maximum Gasteiger partial charge on any atom is 0.408 e. The van der Waals surface area contributed by atoms with E-state index in [0.29, 0.717) is 5.69 Å². The SMILES string of the molecule is CC(C)(C)OC(=O)N[C@@H](Cc1cc(I)c(N)c(I)c1)C(=O)O. The number of carbonyl (C=O) groups excluding carboxylic acids is 1. The van der Waals surface area contributed by atoms with Crippen molar-refractivity contribution >= 4 is 62.9 Å². The summed E-state index contributed by atoms with van der Waals surface area (Å²) in [5, 5.41) is 11.7. The number of rotatable bonds is 4. The number of amides is 1. The molecule has 0 aliphatic heterocycles. The van der Waals surface area contributed by atoms with Gasteiger partial charge in [0.25, 0.3) is 0 Å². The average molecular weight is 532 g/mol. The lowest BCUT2D eigenvalue weighted by Crippen LogP contribution is -2.44. The first-order valence-electron chi connectivity index (χ1n) is 6.45. The van der Waals surface area contributed by atoms with Crippen LogP contribution in [0, 0.1) is 7.14 Å². The maximum absolute atomic E-state index is 11.7. The van der Waals surface area contributed by atoms with Gasteiger partial charge in [-0.3, -0.25) is 0 Å². The fourth-order valence-corrected chi connectivity index (χ4v) is 3.54. The molecule has 0 aromatic heterocycles. The monoisotopic (exact) mass is 532 g/mol. The zero-order valence-electron chi connectivity index (χ0n) is 12.4. The van der Waals surface area contributed by atoms with Gasteiger partial charge in [0.1, 0.15) is 11.6 Å².